The molecule has 6 nitrogen and oxygen atoms in total. The van der Waals surface area contributed by atoms with Crippen molar-refractivity contribution in [3.05, 3.63) is 81.8 Å². The van der Waals surface area contributed by atoms with Crippen molar-refractivity contribution in [2.75, 3.05) is 11.5 Å². The number of hydrogen-bond donors (Lipinski definition) is 1. The third kappa shape index (κ3) is 3.58. The van der Waals surface area contributed by atoms with Crippen LogP contribution in [0.4, 0.5) is 5.13 Å². The number of rotatable bonds is 5. The van der Waals surface area contributed by atoms with Crippen LogP contribution in [0.5, 0.6) is 5.75 Å². The molecule has 0 spiro atoms. The summed E-state index contributed by atoms with van der Waals surface area (Å²) in [5.41, 5.74) is 0.994. The van der Waals surface area contributed by atoms with Gasteiger partial charge in [-0.15, -0.1) is 11.3 Å². The molecule has 2 heterocycles. The molecular formula is C22H17ClN2O4S. The summed E-state index contributed by atoms with van der Waals surface area (Å²) >= 11 is 7.40. The van der Waals surface area contributed by atoms with Crippen molar-refractivity contribution < 1.29 is 19.4 Å². The zero-order valence-corrected chi connectivity index (χ0v) is 17.5. The number of aromatic nitrogens is 1. The van der Waals surface area contributed by atoms with E-state index >= 15 is 0 Å². The average molecular weight is 441 g/mol. The summed E-state index contributed by atoms with van der Waals surface area (Å²) in [4.78, 5) is 31.4. The van der Waals surface area contributed by atoms with Crippen molar-refractivity contribution in [3.63, 3.8) is 0 Å². The van der Waals surface area contributed by atoms with Crippen molar-refractivity contribution >= 4 is 45.5 Å². The molecule has 0 aliphatic carbocycles. The highest BCUT2D eigenvalue weighted by Gasteiger charge is 2.48. The third-order valence-corrected chi connectivity index (χ3v) is 5.68. The van der Waals surface area contributed by atoms with Crippen LogP contribution >= 0.6 is 22.9 Å². The summed E-state index contributed by atoms with van der Waals surface area (Å²) in [5, 5.41) is 13.6. The average Bonchev–Trinajstić information content (AvgIpc) is 3.35. The van der Waals surface area contributed by atoms with Crippen LogP contribution in [0.1, 0.15) is 24.1 Å². The van der Waals surface area contributed by atoms with E-state index in [1.807, 2.05) is 6.92 Å². The number of anilines is 1. The van der Waals surface area contributed by atoms with Crippen molar-refractivity contribution in [1.82, 2.24) is 4.98 Å². The highest BCUT2D eigenvalue weighted by molar-refractivity contribution is 7.14. The van der Waals surface area contributed by atoms with Crippen molar-refractivity contribution in [2.24, 2.45) is 0 Å². The fourth-order valence-electron chi connectivity index (χ4n) is 3.39. The Morgan fingerprint density at radius 2 is 2.00 bits per heavy atom. The van der Waals surface area contributed by atoms with Crippen molar-refractivity contribution in [3.8, 4) is 5.75 Å². The number of ketones is 1. The molecule has 3 aromatic rings. The van der Waals surface area contributed by atoms with Gasteiger partial charge in [0.25, 0.3) is 5.78 Å². The lowest BCUT2D eigenvalue weighted by Crippen LogP contribution is -2.29. The fourth-order valence-corrected chi connectivity index (χ4v) is 4.25. The fraction of sp³-hybridized carbons (Fsp3) is 0.136. The smallest absolute Gasteiger partial charge is 0.301 e. The number of ether oxygens (including phenoxy) is 1. The second-order valence-electron chi connectivity index (χ2n) is 6.50. The molecule has 1 amide bonds. The van der Waals surface area contributed by atoms with Crippen LogP contribution in [0.15, 0.2) is 65.7 Å². The summed E-state index contributed by atoms with van der Waals surface area (Å²) in [6.07, 6.45) is 1.56. The first kappa shape index (κ1) is 20.1. The van der Waals surface area contributed by atoms with Gasteiger partial charge in [-0.25, -0.2) is 4.98 Å². The maximum Gasteiger partial charge on any atom is 0.301 e. The van der Waals surface area contributed by atoms with Gasteiger partial charge < -0.3 is 9.84 Å². The number of Topliss-reactive ketones (excluding diaryl/α,β-unsaturated/α-hetero) is 1. The van der Waals surface area contributed by atoms with Gasteiger partial charge >= 0.3 is 5.91 Å². The van der Waals surface area contributed by atoms with Gasteiger partial charge in [0.1, 0.15) is 11.5 Å². The summed E-state index contributed by atoms with van der Waals surface area (Å²) in [6, 6.07) is 12.7. The molecule has 30 heavy (non-hydrogen) atoms. The molecule has 1 aromatic heterocycles. The Hall–Kier alpha value is -3.16. The number of thiazole rings is 1. The number of aliphatic hydroxyl groups is 1. The number of halogens is 1. The predicted octanol–water partition coefficient (Wildman–Crippen LogP) is 4.82. The molecule has 152 valence electrons. The first-order chi connectivity index (χ1) is 14.5. The molecule has 2 aromatic carbocycles. The maximum absolute atomic E-state index is 13.0. The highest BCUT2D eigenvalue weighted by Crippen LogP contribution is 2.43. The lowest BCUT2D eigenvalue weighted by atomic mass is 9.95. The second kappa shape index (κ2) is 8.30. The number of aliphatic hydroxyl groups excluding tert-OH is 1. The topological polar surface area (TPSA) is 79.7 Å². The zero-order chi connectivity index (χ0) is 21.3. The van der Waals surface area contributed by atoms with E-state index in [9.17, 15) is 14.7 Å². The number of carbonyl (C=O) groups excluding carboxylic acids is 2. The monoisotopic (exact) mass is 440 g/mol. The lowest BCUT2D eigenvalue weighted by Gasteiger charge is -2.23. The van der Waals surface area contributed by atoms with E-state index in [1.165, 1.54) is 16.2 Å². The van der Waals surface area contributed by atoms with Gasteiger partial charge in [-0.05, 0) is 48.9 Å². The normalized spacial score (nSPS) is 18.1. The van der Waals surface area contributed by atoms with Gasteiger partial charge in [-0.3, -0.25) is 14.5 Å². The molecular weight excluding hydrogens is 424 g/mol. The number of nitrogens with zero attached hydrogens (tertiary/aromatic N) is 2. The van der Waals surface area contributed by atoms with E-state index < -0.39 is 17.7 Å². The molecule has 0 radical (unpaired) electrons. The van der Waals surface area contributed by atoms with Crippen LogP contribution in [-0.2, 0) is 9.59 Å². The Bertz CT molecular complexity index is 1130. The Morgan fingerprint density at radius 1 is 1.23 bits per heavy atom. The van der Waals surface area contributed by atoms with Crippen LogP contribution in [-0.4, -0.2) is 28.4 Å². The minimum absolute atomic E-state index is 0.0124. The Morgan fingerprint density at radius 3 is 2.63 bits per heavy atom. The van der Waals surface area contributed by atoms with Crippen molar-refractivity contribution in [2.45, 2.75) is 13.0 Å². The first-order valence-corrected chi connectivity index (χ1v) is 10.5. The van der Waals surface area contributed by atoms with E-state index in [4.69, 9.17) is 16.3 Å². The largest absolute Gasteiger partial charge is 0.507 e. The minimum Gasteiger partial charge on any atom is -0.507 e. The summed E-state index contributed by atoms with van der Waals surface area (Å²) < 4.78 is 5.43. The van der Waals surface area contributed by atoms with E-state index in [1.54, 1.807) is 60.1 Å². The van der Waals surface area contributed by atoms with E-state index in [0.29, 0.717) is 33.6 Å². The number of hydrogen-bond acceptors (Lipinski definition) is 6. The molecule has 1 fully saturated rings. The lowest BCUT2D eigenvalue weighted by molar-refractivity contribution is -0.132. The van der Waals surface area contributed by atoms with Gasteiger partial charge in [-0.2, -0.15) is 0 Å². The molecule has 0 unspecified atom stereocenters. The van der Waals surface area contributed by atoms with E-state index in [0.717, 1.165) is 0 Å². The standard InChI is InChI=1S/C22H17ClN2O4S/c1-2-29-16-8-6-13(7-9-16)19(26)17-18(14-4-3-5-15(23)12-14)25(21(28)20(17)27)22-24-10-11-30-22/h3-12,18,26H,2H2,1H3/b19-17+/t18-/m0/s1. The minimum atomic E-state index is -0.846. The van der Waals surface area contributed by atoms with Gasteiger partial charge in [0.05, 0.1) is 18.2 Å². The molecule has 1 N–H and O–H groups in total. The third-order valence-electron chi connectivity index (χ3n) is 4.67. The first-order valence-electron chi connectivity index (χ1n) is 9.20. The van der Waals surface area contributed by atoms with Crippen LogP contribution in [0.3, 0.4) is 0 Å². The SMILES string of the molecule is CCOc1ccc(/C(O)=C2\C(=O)C(=O)N(c3nccs3)[C@H]2c2cccc(Cl)c2)cc1. The van der Waals surface area contributed by atoms with Crippen LogP contribution in [0.2, 0.25) is 5.02 Å². The van der Waals surface area contributed by atoms with Gasteiger partial charge in [0.15, 0.2) is 5.13 Å². The number of amides is 1. The summed E-state index contributed by atoms with van der Waals surface area (Å²) in [7, 11) is 0. The second-order valence-corrected chi connectivity index (χ2v) is 7.81. The summed E-state index contributed by atoms with van der Waals surface area (Å²) in [6.45, 7) is 2.39. The molecule has 8 heteroatoms. The maximum atomic E-state index is 13.0. The summed E-state index contributed by atoms with van der Waals surface area (Å²) in [5.74, 6) is -1.15. The van der Waals surface area contributed by atoms with Crippen LogP contribution in [0.25, 0.3) is 5.76 Å². The van der Waals surface area contributed by atoms with E-state index in [-0.39, 0.29) is 11.3 Å². The molecule has 1 aliphatic rings. The number of benzene rings is 2. The Balaban J connectivity index is 1.88. The van der Waals surface area contributed by atoms with Crippen LogP contribution < -0.4 is 9.64 Å². The van der Waals surface area contributed by atoms with E-state index in [2.05, 4.69) is 4.98 Å². The predicted molar refractivity (Wildman–Crippen MR) is 116 cm³/mol. The molecule has 4 rings (SSSR count). The van der Waals surface area contributed by atoms with Gasteiger partial charge in [0, 0.05) is 22.2 Å². The molecule has 1 atom stereocenters. The Labute approximate surface area is 182 Å². The molecule has 0 bridgehead atoms. The molecule has 1 saturated heterocycles. The zero-order valence-electron chi connectivity index (χ0n) is 15.9. The Kier molecular flexibility index (Phi) is 5.57. The van der Waals surface area contributed by atoms with Gasteiger partial charge in [-0.1, -0.05) is 23.7 Å². The molecule has 1 aliphatic heterocycles. The molecule has 0 saturated carbocycles. The quantitative estimate of drug-likeness (QED) is 0.349. The highest BCUT2D eigenvalue weighted by atomic mass is 35.5. The van der Waals surface area contributed by atoms with Gasteiger partial charge in [0.2, 0.25) is 0 Å². The number of carbonyl (C=O) groups is 2. The van der Waals surface area contributed by atoms with Crippen LogP contribution in [0, 0.1) is 0 Å². The van der Waals surface area contributed by atoms with Crippen molar-refractivity contribution in [1.29, 1.82) is 0 Å².